The van der Waals surface area contributed by atoms with Gasteiger partial charge in [0.2, 0.25) is 0 Å². The second kappa shape index (κ2) is 5.66. The number of carbonyl (C=O) groups is 2. The molecular weight excluding hydrogens is 226 g/mol. The molecule has 6 heteroatoms. The number of carboxylic acids is 1. The predicted octanol–water partition coefficient (Wildman–Crippen LogP) is 1.30. The number of rotatable bonds is 5. The minimum atomic E-state index is -1.14. The van der Waals surface area contributed by atoms with Crippen molar-refractivity contribution in [3.63, 3.8) is 0 Å². The van der Waals surface area contributed by atoms with E-state index < -0.39 is 11.9 Å². The molecule has 1 rings (SSSR count). The first kappa shape index (κ1) is 12.7. The molecule has 0 saturated carbocycles. The Bertz CT molecular complexity index is 455. The van der Waals surface area contributed by atoms with Gasteiger partial charge in [-0.05, 0) is 19.1 Å². The maximum absolute atomic E-state index is 11.0. The zero-order chi connectivity index (χ0) is 12.8. The molecule has 0 aliphatic rings. The number of carboxylic acid groups (broad SMARTS) is 1. The van der Waals surface area contributed by atoms with Gasteiger partial charge in [0.1, 0.15) is 5.56 Å². The van der Waals surface area contributed by atoms with Crippen LogP contribution in [0.5, 0.6) is 5.75 Å². The van der Waals surface area contributed by atoms with Gasteiger partial charge in [-0.2, -0.15) is 0 Å². The topological polar surface area (TPSA) is 84.9 Å². The van der Waals surface area contributed by atoms with Crippen LogP contribution >= 0.6 is 0 Å². The molecule has 0 saturated heterocycles. The first-order valence-corrected chi connectivity index (χ1v) is 4.63. The maximum Gasteiger partial charge on any atom is 0.355 e. The van der Waals surface area contributed by atoms with Gasteiger partial charge in [0, 0.05) is 11.2 Å². The Morgan fingerprint density at radius 1 is 1.35 bits per heavy atom. The lowest BCUT2D eigenvalue weighted by Gasteiger charge is -2.08. The summed E-state index contributed by atoms with van der Waals surface area (Å²) in [5.41, 5.74) is 2.04. The van der Waals surface area contributed by atoms with E-state index in [2.05, 4.69) is 11.4 Å². The molecule has 17 heavy (non-hydrogen) atoms. The summed E-state index contributed by atoms with van der Waals surface area (Å²) >= 11 is 0. The number of aromatic carboxylic acids is 1. The normalized spacial score (nSPS) is 9.47. The van der Waals surface area contributed by atoms with Gasteiger partial charge >= 0.3 is 11.9 Å². The molecule has 0 aliphatic heterocycles. The minimum Gasteiger partial charge on any atom is -0.478 e. The van der Waals surface area contributed by atoms with Gasteiger partial charge in [0.05, 0.1) is 0 Å². The fraction of sp³-hybridized carbons (Fsp3) is 0.0909. The lowest BCUT2D eigenvalue weighted by Crippen LogP contribution is -2.24. The Kier molecular flexibility index (Phi) is 4.24. The van der Waals surface area contributed by atoms with Crippen LogP contribution in [0.25, 0.3) is 0 Å². The van der Waals surface area contributed by atoms with Crippen LogP contribution in [0.1, 0.15) is 17.3 Å². The van der Waals surface area contributed by atoms with Gasteiger partial charge < -0.3 is 14.8 Å². The molecule has 0 fully saturated rings. The Hall–Kier alpha value is -2.34. The van der Waals surface area contributed by atoms with Crippen molar-refractivity contribution >= 4 is 11.9 Å². The van der Waals surface area contributed by atoms with Crippen molar-refractivity contribution in [2.24, 2.45) is 0 Å². The maximum atomic E-state index is 11.0. The molecule has 2 N–H and O–H groups in total. The van der Waals surface area contributed by atoms with E-state index in [0.717, 1.165) is 0 Å². The Morgan fingerprint density at radius 3 is 2.59 bits per heavy atom. The van der Waals surface area contributed by atoms with Crippen LogP contribution in [0.2, 0.25) is 0 Å². The van der Waals surface area contributed by atoms with Crippen LogP contribution in [0, 0.1) is 0 Å². The van der Waals surface area contributed by atoms with Crippen LogP contribution in [0.4, 0.5) is 0 Å². The Morgan fingerprint density at radius 2 is 2.00 bits per heavy atom. The standard InChI is InChI=1S/C11H11NO5/c1-7(2)11(15)17-12-16-9-6-4-3-5-8(9)10(13)14/h3-6,12H,1H2,2H3,(H,13,14). The van der Waals surface area contributed by atoms with E-state index >= 15 is 0 Å². The number of benzene rings is 1. The molecule has 90 valence electrons. The van der Waals surface area contributed by atoms with Gasteiger partial charge in [-0.15, -0.1) is 0 Å². The van der Waals surface area contributed by atoms with Crippen LogP contribution in [0.3, 0.4) is 0 Å². The van der Waals surface area contributed by atoms with Gasteiger partial charge in [-0.1, -0.05) is 18.7 Å². The molecule has 0 heterocycles. The van der Waals surface area contributed by atoms with E-state index in [1.54, 1.807) is 12.1 Å². The highest BCUT2D eigenvalue weighted by Crippen LogP contribution is 2.16. The van der Waals surface area contributed by atoms with Crippen molar-refractivity contribution in [1.29, 1.82) is 0 Å². The fourth-order valence-electron chi connectivity index (χ4n) is 0.923. The van der Waals surface area contributed by atoms with Crippen molar-refractivity contribution in [3.05, 3.63) is 42.0 Å². The summed E-state index contributed by atoms with van der Waals surface area (Å²) in [6, 6.07) is 5.92. The van der Waals surface area contributed by atoms with Gasteiger partial charge in [-0.3, -0.25) is 0 Å². The molecule has 0 atom stereocenters. The zero-order valence-electron chi connectivity index (χ0n) is 9.10. The largest absolute Gasteiger partial charge is 0.478 e. The lowest BCUT2D eigenvalue weighted by molar-refractivity contribution is -0.166. The summed E-state index contributed by atoms with van der Waals surface area (Å²) in [6.45, 7) is 4.83. The molecular formula is C11H11NO5. The second-order valence-electron chi connectivity index (χ2n) is 3.16. The van der Waals surface area contributed by atoms with Crippen molar-refractivity contribution in [2.45, 2.75) is 6.92 Å². The Balaban J connectivity index is 2.61. The summed E-state index contributed by atoms with van der Waals surface area (Å²) in [6.07, 6.45) is 0. The van der Waals surface area contributed by atoms with Crippen LogP contribution in [0.15, 0.2) is 36.4 Å². The van der Waals surface area contributed by atoms with Crippen molar-refractivity contribution in [1.82, 2.24) is 5.64 Å². The number of hydrogen-bond donors (Lipinski definition) is 2. The van der Waals surface area contributed by atoms with Gasteiger partial charge in [0.15, 0.2) is 5.75 Å². The zero-order valence-corrected chi connectivity index (χ0v) is 9.10. The van der Waals surface area contributed by atoms with Gasteiger partial charge in [0.25, 0.3) is 0 Å². The quantitative estimate of drug-likeness (QED) is 0.593. The van der Waals surface area contributed by atoms with Crippen molar-refractivity contribution < 1.29 is 24.4 Å². The molecule has 0 aromatic heterocycles. The molecule has 0 radical (unpaired) electrons. The van der Waals surface area contributed by atoms with E-state index in [1.807, 2.05) is 5.64 Å². The highest BCUT2D eigenvalue weighted by molar-refractivity contribution is 5.90. The molecule has 0 aliphatic carbocycles. The van der Waals surface area contributed by atoms with E-state index in [4.69, 9.17) is 9.94 Å². The predicted molar refractivity (Wildman–Crippen MR) is 58.1 cm³/mol. The third-order valence-corrected chi connectivity index (χ3v) is 1.75. The van der Waals surface area contributed by atoms with Crippen molar-refractivity contribution in [3.8, 4) is 5.75 Å². The number of hydrogen-bond acceptors (Lipinski definition) is 5. The van der Waals surface area contributed by atoms with E-state index in [1.165, 1.54) is 19.1 Å². The smallest absolute Gasteiger partial charge is 0.355 e. The summed E-state index contributed by atoms with van der Waals surface area (Å²) in [7, 11) is 0. The summed E-state index contributed by atoms with van der Waals surface area (Å²) in [5, 5.41) is 8.83. The number of carbonyl (C=O) groups excluding carboxylic acids is 1. The minimum absolute atomic E-state index is 0.0366. The highest BCUT2D eigenvalue weighted by atomic mass is 16.9. The van der Waals surface area contributed by atoms with E-state index in [-0.39, 0.29) is 16.9 Å². The number of nitrogens with one attached hydrogen (secondary N) is 1. The lowest BCUT2D eigenvalue weighted by atomic mass is 10.2. The molecule has 6 nitrogen and oxygen atoms in total. The summed E-state index contributed by atoms with van der Waals surface area (Å²) < 4.78 is 0. The molecule has 0 spiro atoms. The SMILES string of the molecule is C=C(C)C(=O)ONOc1ccccc1C(=O)O. The molecule has 0 bridgehead atoms. The third-order valence-electron chi connectivity index (χ3n) is 1.75. The van der Waals surface area contributed by atoms with E-state index in [9.17, 15) is 9.59 Å². The second-order valence-corrected chi connectivity index (χ2v) is 3.16. The number of para-hydroxylation sites is 1. The first-order valence-electron chi connectivity index (χ1n) is 4.63. The van der Waals surface area contributed by atoms with Gasteiger partial charge in [-0.25, -0.2) is 9.59 Å². The first-order chi connectivity index (χ1) is 8.02. The fourth-order valence-corrected chi connectivity index (χ4v) is 0.923. The third kappa shape index (κ3) is 3.62. The average molecular weight is 237 g/mol. The molecule has 0 amide bonds. The Labute approximate surface area is 97.4 Å². The van der Waals surface area contributed by atoms with Crippen molar-refractivity contribution in [2.75, 3.05) is 0 Å². The van der Waals surface area contributed by atoms with E-state index in [0.29, 0.717) is 0 Å². The van der Waals surface area contributed by atoms with Crippen LogP contribution < -0.4 is 10.5 Å². The molecule has 1 aromatic carbocycles. The molecule has 0 unspecified atom stereocenters. The molecule has 1 aromatic rings. The van der Waals surface area contributed by atoms with Crippen LogP contribution in [-0.2, 0) is 9.63 Å². The van der Waals surface area contributed by atoms with Crippen LogP contribution in [-0.4, -0.2) is 17.0 Å². The average Bonchev–Trinajstić information content (AvgIpc) is 2.29. The summed E-state index contributed by atoms with van der Waals surface area (Å²) in [5.74, 6) is -1.80. The summed E-state index contributed by atoms with van der Waals surface area (Å²) in [4.78, 5) is 31.0. The monoisotopic (exact) mass is 237 g/mol. The highest BCUT2D eigenvalue weighted by Gasteiger charge is 2.11.